The van der Waals surface area contributed by atoms with E-state index in [1.807, 2.05) is 17.5 Å². The summed E-state index contributed by atoms with van der Waals surface area (Å²) in [5, 5.41) is 12.9. The van der Waals surface area contributed by atoms with E-state index >= 15 is 0 Å². The molecule has 0 N–H and O–H groups in total. The van der Waals surface area contributed by atoms with Crippen LogP contribution in [0.5, 0.6) is 0 Å². The van der Waals surface area contributed by atoms with Crippen LogP contribution in [0.3, 0.4) is 0 Å². The maximum atomic E-state index is 5.77. The van der Waals surface area contributed by atoms with Crippen LogP contribution < -0.4 is 0 Å². The van der Waals surface area contributed by atoms with E-state index in [4.69, 9.17) is 4.42 Å². The molecule has 0 radical (unpaired) electrons. The zero-order valence-electron chi connectivity index (χ0n) is 11.9. The van der Waals surface area contributed by atoms with Crippen molar-refractivity contribution in [3.05, 3.63) is 34.3 Å². The fourth-order valence-corrected chi connectivity index (χ4v) is 5.54. The van der Waals surface area contributed by atoms with Gasteiger partial charge in [0.25, 0.3) is 11.1 Å². The Bertz CT molecular complexity index is 990. The molecular formula is C15H10N4OS3. The maximum Gasteiger partial charge on any atom is 0.283 e. The number of nitrogens with zero attached hydrogens (tertiary/aromatic N) is 4. The predicted octanol–water partition coefficient (Wildman–Crippen LogP) is 4.44. The number of fused-ring (bicyclic) bond motifs is 3. The fourth-order valence-electron chi connectivity index (χ4n) is 2.81. The van der Waals surface area contributed by atoms with Gasteiger partial charge in [0.05, 0.1) is 4.88 Å². The van der Waals surface area contributed by atoms with Gasteiger partial charge in [0.1, 0.15) is 16.2 Å². The van der Waals surface area contributed by atoms with E-state index in [9.17, 15) is 0 Å². The van der Waals surface area contributed by atoms with Crippen LogP contribution in [-0.4, -0.2) is 20.2 Å². The van der Waals surface area contributed by atoms with Gasteiger partial charge in [-0.05, 0) is 48.0 Å². The van der Waals surface area contributed by atoms with E-state index in [1.165, 1.54) is 34.0 Å². The van der Waals surface area contributed by atoms with E-state index in [1.54, 1.807) is 29.0 Å². The topological polar surface area (TPSA) is 64.7 Å². The molecule has 8 heteroatoms. The number of hydrogen-bond acceptors (Lipinski definition) is 8. The third-order valence-electron chi connectivity index (χ3n) is 3.79. The van der Waals surface area contributed by atoms with Crippen molar-refractivity contribution in [2.24, 2.45) is 0 Å². The van der Waals surface area contributed by atoms with Gasteiger partial charge in [-0.25, -0.2) is 9.97 Å². The number of aromatic nitrogens is 4. The van der Waals surface area contributed by atoms with Crippen molar-refractivity contribution in [1.29, 1.82) is 0 Å². The van der Waals surface area contributed by atoms with Crippen LogP contribution >= 0.6 is 34.4 Å². The lowest BCUT2D eigenvalue weighted by molar-refractivity contribution is 0.466. The second-order valence-electron chi connectivity index (χ2n) is 5.17. The van der Waals surface area contributed by atoms with E-state index in [2.05, 4.69) is 20.2 Å². The molecule has 0 saturated carbocycles. The highest BCUT2D eigenvalue weighted by molar-refractivity contribution is 7.99. The molecule has 1 aliphatic carbocycles. The summed E-state index contributed by atoms with van der Waals surface area (Å²) in [5.74, 6) is 0.559. The van der Waals surface area contributed by atoms with Gasteiger partial charge >= 0.3 is 0 Å². The smallest absolute Gasteiger partial charge is 0.283 e. The van der Waals surface area contributed by atoms with E-state index < -0.39 is 0 Å². The van der Waals surface area contributed by atoms with Crippen molar-refractivity contribution in [3.8, 4) is 10.8 Å². The summed E-state index contributed by atoms with van der Waals surface area (Å²) in [6.07, 6.45) is 5.11. The van der Waals surface area contributed by atoms with Gasteiger partial charge in [0.15, 0.2) is 0 Å². The van der Waals surface area contributed by atoms with E-state index in [0.29, 0.717) is 11.1 Å². The lowest BCUT2D eigenvalue weighted by Crippen LogP contribution is -1.87. The van der Waals surface area contributed by atoms with Crippen molar-refractivity contribution in [1.82, 2.24) is 20.2 Å². The summed E-state index contributed by atoms with van der Waals surface area (Å²) in [4.78, 5) is 12.4. The first-order chi connectivity index (χ1) is 11.4. The first kappa shape index (κ1) is 13.6. The van der Waals surface area contributed by atoms with Crippen LogP contribution in [0, 0.1) is 0 Å². The second-order valence-corrected chi connectivity index (χ2v) is 8.14. The van der Waals surface area contributed by atoms with Crippen molar-refractivity contribution >= 4 is 44.7 Å². The van der Waals surface area contributed by atoms with Crippen LogP contribution in [0.4, 0.5) is 0 Å². The zero-order valence-corrected chi connectivity index (χ0v) is 14.3. The summed E-state index contributed by atoms with van der Waals surface area (Å²) in [7, 11) is 0. The average Bonchev–Trinajstić information content (AvgIpc) is 3.31. The first-order valence-corrected chi connectivity index (χ1v) is 9.70. The van der Waals surface area contributed by atoms with Gasteiger partial charge in [-0.1, -0.05) is 6.07 Å². The van der Waals surface area contributed by atoms with Crippen LogP contribution in [0.2, 0.25) is 0 Å². The van der Waals surface area contributed by atoms with Gasteiger partial charge in [-0.3, -0.25) is 0 Å². The third-order valence-corrected chi connectivity index (χ3v) is 6.69. The van der Waals surface area contributed by atoms with Crippen LogP contribution in [-0.2, 0) is 12.8 Å². The number of rotatable bonds is 3. The molecule has 5 nitrogen and oxygen atoms in total. The van der Waals surface area contributed by atoms with Crippen LogP contribution in [0.1, 0.15) is 16.9 Å². The quantitative estimate of drug-likeness (QED) is 0.504. The molecule has 23 heavy (non-hydrogen) atoms. The van der Waals surface area contributed by atoms with Crippen molar-refractivity contribution < 1.29 is 4.42 Å². The predicted molar refractivity (Wildman–Crippen MR) is 91.2 cm³/mol. The summed E-state index contributed by atoms with van der Waals surface area (Å²) in [5.41, 5.74) is 1.41. The highest BCUT2D eigenvalue weighted by Gasteiger charge is 2.22. The Labute approximate surface area is 143 Å². The molecule has 4 aromatic heterocycles. The van der Waals surface area contributed by atoms with Gasteiger partial charge in [0.2, 0.25) is 0 Å². The van der Waals surface area contributed by atoms with Crippen molar-refractivity contribution in [2.75, 3.05) is 0 Å². The average molecular weight is 358 g/mol. The minimum atomic E-state index is 0.520. The summed E-state index contributed by atoms with van der Waals surface area (Å²) >= 11 is 4.80. The molecule has 1 aliphatic rings. The standard InChI is InChI=1S/C15H10N4OS3/c1-3-8-9(4-1)22-13-11(8)14(17-7-16-13)23-15-19-18-12(20-15)10-5-2-6-21-10/h2,5-7H,1,3-4H2. The minimum absolute atomic E-state index is 0.520. The second kappa shape index (κ2) is 5.40. The number of thiophene rings is 2. The SMILES string of the molecule is c1csc(-c2nnc(Sc3ncnc4sc5c(c34)CCC5)o2)c1. The minimum Gasteiger partial charge on any atom is -0.410 e. The Morgan fingerprint density at radius 1 is 1.17 bits per heavy atom. The maximum absolute atomic E-state index is 5.77. The highest BCUT2D eigenvalue weighted by Crippen LogP contribution is 2.41. The lowest BCUT2D eigenvalue weighted by Gasteiger charge is -2.00. The Kier molecular flexibility index (Phi) is 3.20. The van der Waals surface area contributed by atoms with Gasteiger partial charge < -0.3 is 4.42 Å². The van der Waals surface area contributed by atoms with Gasteiger partial charge in [0, 0.05) is 10.3 Å². The molecule has 0 atom stereocenters. The summed E-state index contributed by atoms with van der Waals surface area (Å²) in [6, 6.07) is 3.95. The Morgan fingerprint density at radius 3 is 3.09 bits per heavy atom. The normalized spacial score (nSPS) is 13.7. The van der Waals surface area contributed by atoms with E-state index in [-0.39, 0.29) is 0 Å². The lowest BCUT2D eigenvalue weighted by atomic mass is 10.2. The molecule has 0 aliphatic heterocycles. The molecule has 0 spiro atoms. The van der Waals surface area contributed by atoms with Gasteiger partial charge in [-0.15, -0.1) is 32.9 Å². The van der Waals surface area contributed by atoms with Crippen LogP contribution in [0.15, 0.2) is 38.5 Å². The molecular weight excluding hydrogens is 348 g/mol. The molecule has 0 saturated heterocycles. The zero-order chi connectivity index (χ0) is 15.2. The molecule has 0 unspecified atom stereocenters. The summed E-state index contributed by atoms with van der Waals surface area (Å²) < 4.78 is 5.77. The van der Waals surface area contributed by atoms with Gasteiger partial charge in [-0.2, -0.15) is 0 Å². The Morgan fingerprint density at radius 2 is 2.17 bits per heavy atom. The first-order valence-electron chi connectivity index (χ1n) is 7.19. The summed E-state index contributed by atoms with van der Waals surface area (Å²) in [6.45, 7) is 0. The van der Waals surface area contributed by atoms with E-state index in [0.717, 1.165) is 27.6 Å². The largest absolute Gasteiger partial charge is 0.410 e. The molecule has 0 aromatic carbocycles. The van der Waals surface area contributed by atoms with Crippen molar-refractivity contribution in [3.63, 3.8) is 0 Å². The van der Waals surface area contributed by atoms with Crippen LogP contribution in [0.25, 0.3) is 21.0 Å². The Balaban J connectivity index is 1.54. The molecule has 114 valence electrons. The Hall–Kier alpha value is -1.77. The molecule has 0 amide bonds. The monoisotopic (exact) mass is 358 g/mol. The van der Waals surface area contributed by atoms with Crippen molar-refractivity contribution in [2.45, 2.75) is 29.5 Å². The molecule has 4 aromatic rings. The third kappa shape index (κ3) is 2.29. The highest BCUT2D eigenvalue weighted by atomic mass is 32.2. The number of aryl methyl sites for hydroxylation is 2. The fraction of sp³-hybridized carbons (Fsp3) is 0.200. The molecule has 4 heterocycles. The molecule has 0 fully saturated rings. The molecule has 5 rings (SSSR count). The molecule has 0 bridgehead atoms. The number of hydrogen-bond donors (Lipinski definition) is 0.